The van der Waals surface area contributed by atoms with Gasteiger partial charge in [-0.25, -0.2) is 0 Å². The van der Waals surface area contributed by atoms with Gasteiger partial charge in [0.15, 0.2) is 0 Å². The molecule has 0 radical (unpaired) electrons. The van der Waals surface area contributed by atoms with E-state index in [2.05, 4.69) is 13.8 Å². The van der Waals surface area contributed by atoms with Crippen LogP contribution in [-0.4, -0.2) is 34.1 Å². The second-order valence-electron chi connectivity index (χ2n) is 4.28. The van der Waals surface area contributed by atoms with Crippen molar-refractivity contribution in [2.45, 2.75) is 64.3 Å². The van der Waals surface area contributed by atoms with Gasteiger partial charge in [-0.05, 0) is 0 Å². The van der Waals surface area contributed by atoms with Crippen LogP contribution in [0.5, 0.6) is 0 Å². The zero-order chi connectivity index (χ0) is 14.6. The summed E-state index contributed by atoms with van der Waals surface area (Å²) in [5, 5.41) is 0. The molecule has 0 rings (SSSR count). The third-order valence-corrected chi connectivity index (χ3v) is 8.27. The summed E-state index contributed by atoms with van der Waals surface area (Å²) >= 11 is -0.208. The number of allylic oxidation sites excluding steroid dienone is 1. The molecule has 0 aliphatic rings. The van der Waals surface area contributed by atoms with E-state index in [0.29, 0.717) is 13.2 Å². The van der Waals surface area contributed by atoms with Crippen LogP contribution in [0.2, 0.25) is 4.47 Å². The van der Waals surface area contributed by atoms with Crippen LogP contribution in [0.3, 0.4) is 0 Å². The molecule has 0 aromatic heterocycles. The minimum absolute atomic E-state index is 0.208. The van der Waals surface area contributed by atoms with Gasteiger partial charge in [-0.15, -0.1) is 0 Å². The summed E-state index contributed by atoms with van der Waals surface area (Å²) in [4.78, 5) is 0. The van der Waals surface area contributed by atoms with Gasteiger partial charge in [0, 0.05) is 0 Å². The van der Waals surface area contributed by atoms with Crippen LogP contribution >= 0.6 is 7.60 Å². The summed E-state index contributed by atoms with van der Waals surface area (Å²) < 4.78 is 25.9. The van der Waals surface area contributed by atoms with Crippen LogP contribution in [0.1, 0.15) is 59.8 Å². The van der Waals surface area contributed by atoms with E-state index in [4.69, 9.17) is 9.05 Å². The van der Waals surface area contributed by atoms with E-state index in [9.17, 15) is 4.57 Å². The maximum absolute atomic E-state index is 12.5. The van der Waals surface area contributed by atoms with Crippen LogP contribution in [0.15, 0.2) is 9.44 Å². The zero-order valence-electron chi connectivity index (χ0n) is 12.8. The molecule has 0 aliphatic heterocycles. The number of hydrogen-bond acceptors (Lipinski definition) is 3. The van der Waals surface area contributed by atoms with Gasteiger partial charge in [0.05, 0.1) is 0 Å². The average Bonchev–Trinajstić information content (AvgIpc) is 2.36. The van der Waals surface area contributed by atoms with Gasteiger partial charge < -0.3 is 0 Å². The Hall–Kier alpha value is 0.680. The van der Waals surface area contributed by atoms with Gasteiger partial charge in [-0.1, -0.05) is 0 Å². The molecule has 3 nitrogen and oxygen atoms in total. The summed E-state index contributed by atoms with van der Waals surface area (Å²) in [6.45, 7) is 9.00. The molecule has 0 unspecified atom stereocenters. The van der Waals surface area contributed by atoms with Gasteiger partial charge in [0.2, 0.25) is 0 Å². The fourth-order valence-electron chi connectivity index (χ4n) is 1.52. The summed E-state index contributed by atoms with van der Waals surface area (Å²) in [5.74, 6) is 1.84. The summed E-state index contributed by atoms with van der Waals surface area (Å²) in [6.07, 6.45) is 5.92. The molecular formula is C14H29O3PTe. The van der Waals surface area contributed by atoms with Crippen molar-refractivity contribution in [2.24, 2.45) is 0 Å². The monoisotopic (exact) mass is 406 g/mol. The Labute approximate surface area is 129 Å². The molecule has 0 bridgehead atoms. The molecule has 114 valence electrons. The molecule has 0 heterocycles. The van der Waals surface area contributed by atoms with Crippen molar-refractivity contribution in [1.29, 1.82) is 0 Å². The molecule has 0 amide bonds. The third-order valence-electron chi connectivity index (χ3n) is 2.48. The molecule has 0 aromatic carbocycles. The predicted octanol–water partition coefficient (Wildman–Crippen LogP) is 5.21. The molecule has 0 fully saturated rings. The van der Waals surface area contributed by atoms with E-state index in [1.165, 1.54) is 33.8 Å². The molecular weight excluding hydrogens is 375 g/mol. The fourth-order valence-corrected chi connectivity index (χ4v) is 7.57. The molecule has 5 heteroatoms. The molecule has 0 spiro atoms. The van der Waals surface area contributed by atoms with Crippen LogP contribution in [0.25, 0.3) is 0 Å². The first-order valence-corrected chi connectivity index (χ1v) is 11.8. The van der Waals surface area contributed by atoms with Crippen molar-refractivity contribution in [2.75, 3.05) is 13.2 Å². The van der Waals surface area contributed by atoms with Crippen LogP contribution in [-0.2, 0) is 13.6 Å². The summed E-state index contributed by atoms with van der Waals surface area (Å²) in [6, 6.07) is 0. The molecule has 0 saturated heterocycles. The van der Waals surface area contributed by atoms with Crippen molar-refractivity contribution >= 4 is 28.5 Å². The van der Waals surface area contributed by atoms with Crippen molar-refractivity contribution in [3.63, 3.8) is 0 Å². The van der Waals surface area contributed by atoms with Crippen molar-refractivity contribution in [1.82, 2.24) is 0 Å². The standard InChI is InChI=1S/C14H29O3PTe/c1-5-9-11-14(19-12-10-6-2)13-18(15,16-7-3)17-8-4/h13H,5-12H2,1-4H3/b14-13-. The van der Waals surface area contributed by atoms with E-state index < -0.39 is 7.60 Å². The van der Waals surface area contributed by atoms with Crippen LogP contribution in [0, 0.1) is 0 Å². The van der Waals surface area contributed by atoms with E-state index in [-0.39, 0.29) is 20.9 Å². The number of unbranched alkanes of at least 4 members (excludes halogenated alkanes) is 2. The minimum atomic E-state index is -2.99. The van der Waals surface area contributed by atoms with E-state index in [1.54, 1.807) is 0 Å². The Morgan fingerprint density at radius 3 is 2.11 bits per heavy atom. The van der Waals surface area contributed by atoms with Crippen molar-refractivity contribution in [3.05, 3.63) is 9.44 Å². The topological polar surface area (TPSA) is 35.5 Å². The molecule has 0 aliphatic carbocycles. The Balaban J connectivity index is 4.73. The normalized spacial score (nSPS) is 12.9. The number of rotatable bonds is 12. The third kappa shape index (κ3) is 10.1. The molecule has 0 atom stereocenters. The Kier molecular flexibility index (Phi) is 12.9. The SMILES string of the molecule is CCCC[Te]/C(=C\P(=O)(OCC)OCC)CCCC. The second-order valence-corrected chi connectivity index (χ2v) is 9.62. The molecule has 0 aromatic rings. The van der Waals surface area contributed by atoms with Gasteiger partial charge in [0.25, 0.3) is 0 Å². The molecule has 0 saturated carbocycles. The fraction of sp³-hybridized carbons (Fsp3) is 0.857. The second kappa shape index (κ2) is 12.4. The first kappa shape index (κ1) is 19.7. The molecule has 0 N–H and O–H groups in total. The number of hydrogen-bond donors (Lipinski definition) is 0. The van der Waals surface area contributed by atoms with Crippen LogP contribution < -0.4 is 0 Å². The Morgan fingerprint density at radius 2 is 1.63 bits per heavy atom. The van der Waals surface area contributed by atoms with Gasteiger partial charge >= 0.3 is 129 Å². The van der Waals surface area contributed by atoms with Gasteiger partial charge in [-0.2, -0.15) is 0 Å². The quantitative estimate of drug-likeness (QED) is 0.255. The van der Waals surface area contributed by atoms with E-state index in [0.717, 1.165) is 6.42 Å². The first-order chi connectivity index (χ1) is 9.11. The first-order valence-electron chi connectivity index (χ1n) is 7.35. The Bertz CT molecular complexity index is 282. The van der Waals surface area contributed by atoms with Gasteiger partial charge in [-0.3, -0.25) is 0 Å². The van der Waals surface area contributed by atoms with E-state index in [1.807, 2.05) is 19.7 Å². The zero-order valence-corrected chi connectivity index (χ0v) is 16.0. The summed E-state index contributed by atoms with van der Waals surface area (Å²) in [5.41, 5.74) is 0. The van der Waals surface area contributed by atoms with E-state index >= 15 is 0 Å². The average molecular weight is 404 g/mol. The van der Waals surface area contributed by atoms with Gasteiger partial charge in [0.1, 0.15) is 0 Å². The molecule has 19 heavy (non-hydrogen) atoms. The Morgan fingerprint density at radius 1 is 1.05 bits per heavy atom. The maximum atomic E-state index is 12.5. The predicted molar refractivity (Wildman–Crippen MR) is 83.9 cm³/mol. The van der Waals surface area contributed by atoms with Crippen molar-refractivity contribution < 1.29 is 13.6 Å². The van der Waals surface area contributed by atoms with Crippen molar-refractivity contribution in [3.8, 4) is 0 Å². The van der Waals surface area contributed by atoms with Crippen LogP contribution in [0.4, 0.5) is 0 Å². The summed E-state index contributed by atoms with van der Waals surface area (Å²) in [7, 11) is -2.99.